The van der Waals surface area contributed by atoms with Crippen LogP contribution in [0.15, 0.2) is 60.7 Å². The van der Waals surface area contributed by atoms with Crippen molar-refractivity contribution in [3.8, 4) is 5.75 Å². The first kappa shape index (κ1) is 17.1. The summed E-state index contributed by atoms with van der Waals surface area (Å²) in [5.74, 6) is 0.487. The van der Waals surface area contributed by atoms with E-state index in [1.807, 2.05) is 67.6 Å². The molecule has 1 aliphatic rings. The molecule has 0 bridgehead atoms. The molecule has 3 aromatic carbocycles. The molecule has 0 saturated carbocycles. The van der Waals surface area contributed by atoms with Gasteiger partial charge in [-0.1, -0.05) is 36.4 Å². The molecule has 1 N–H and O–H groups in total. The number of hydrogen-bond donors (Lipinski definition) is 1. The molecule has 0 atom stereocenters. The Kier molecular flexibility index (Phi) is 4.50. The summed E-state index contributed by atoms with van der Waals surface area (Å²) in [6, 6.07) is 19.0. The summed E-state index contributed by atoms with van der Waals surface area (Å²) >= 11 is 0. The van der Waals surface area contributed by atoms with Crippen molar-refractivity contribution in [2.24, 2.45) is 0 Å². The minimum absolute atomic E-state index is 0.00363. The molecule has 2 amide bonds. The normalized spacial score (nSPS) is 12.5. The number of nitrogens with one attached hydrogen (secondary N) is 1. The lowest BCUT2D eigenvalue weighted by Crippen LogP contribution is -2.38. The van der Waals surface area contributed by atoms with Gasteiger partial charge in [0.25, 0.3) is 5.91 Å². The van der Waals surface area contributed by atoms with Gasteiger partial charge in [-0.2, -0.15) is 0 Å². The van der Waals surface area contributed by atoms with E-state index in [0.717, 1.165) is 27.8 Å². The van der Waals surface area contributed by atoms with Gasteiger partial charge in [-0.25, -0.2) is 0 Å². The molecule has 0 fully saturated rings. The summed E-state index contributed by atoms with van der Waals surface area (Å²) in [6.45, 7) is 2.97. The second-order valence-corrected chi connectivity index (χ2v) is 6.43. The average Bonchev–Trinajstić information content (AvgIpc) is 2.96. The Bertz CT molecular complexity index is 1010. The Morgan fingerprint density at radius 2 is 1.78 bits per heavy atom. The number of carbonyl (C=O) groups excluding carboxylic acids is 2. The summed E-state index contributed by atoms with van der Waals surface area (Å²) < 4.78 is 5.41. The van der Waals surface area contributed by atoms with E-state index in [9.17, 15) is 9.59 Å². The molecular formula is C22H20N2O3. The molecular weight excluding hydrogens is 340 g/mol. The van der Waals surface area contributed by atoms with Gasteiger partial charge in [0.15, 0.2) is 0 Å². The highest BCUT2D eigenvalue weighted by Crippen LogP contribution is 2.36. The largest absolute Gasteiger partial charge is 0.494 e. The fourth-order valence-corrected chi connectivity index (χ4v) is 3.41. The number of amides is 2. The Balaban J connectivity index is 1.43. The Morgan fingerprint density at radius 3 is 2.52 bits per heavy atom. The lowest BCUT2D eigenvalue weighted by atomic mass is 10.1. The fraction of sp³-hybridized carbons (Fsp3) is 0.182. The van der Waals surface area contributed by atoms with Crippen molar-refractivity contribution >= 4 is 28.3 Å². The topological polar surface area (TPSA) is 58.6 Å². The second-order valence-electron chi connectivity index (χ2n) is 6.43. The van der Waals surface area contributed by atoms with Gasteiger partial charge in [0.2, 0.25) is 5.91 Å². The van der Waals surface area contributed by atoms with Crippen molar-refractivity contribution in [2.75, 3.05) is 18.1 Å². The molecule has 136 valence electrons. The second kappa shape index (κ2) is 7.11. The van der Waals surface area contributed by atoms with Crippen molar-refractivity contribution < 1.29 is 14.3 Å². The molecule has 0 unspecified atom stereocenters. The number of hydrogen-bond acceptors (Lipinski definition) is 3. The first-order chi connectivity index (χ1) is 13.2. The minimum atomic E-state index is -0.193. The van der Waals surface area contributed by atoms with Gasteiger partial charge in [0.1, 0.15) is 12.3 Å². The van der Waals surface area contributed by atoms with Crippen LogP contribution in [0, 0.1) is 0 Å². The van der Waals surface area contributed by atoms with E-state index >= 15 is 0 Å². The van der Waals surface area contributed by atoms with Gasteiger partial charge in [-0.3, -0.25) is 14.5 Å². The fourth-order valence-electron chi connectivity index (χ4n) is 3.41. The zero-order valence-corrected chi connectivity index (χ0v) is 15.1. The smallest absolute Gasteiger partial charge is 0.259 e. The summed E-state index contributed by atoms with van der Waals surface area (Å²) in [4.78, 5) is 26.7. The van der Waals surface area contributed by atoms with Gasteiger partial charge in [0.05, 0.1) is 12.3 Å². The predicted molar refractivity (Wildman–Crippen MR) is 105 cm³/mol. The standard InChI is InChI=1S/C22H20N2O3/c1-2-27-17-11-9-15(10-12-17)13-23-20(25)14-24-19-8-4-6-16-5-3-7-18(21(16)19)22(24)26/h3-12H,2,13-14H2,1H3,(H,23,25). The van der Waals surface area contributed by atoms with E-state index < -0.39 is 0 Å². The zero-order valence-electron chi connectivity index (χ0n) is 15.1. The van der Waals surface area contributed by atoms with Crippen molar-refractivity contribution in [1.82, 2.24) is 5.32 Å². The van der Waals surface area contributed by atoms with Gasteiger partial charge < -0.3 is 10.1 Å². The summed E-state index contributed by atoms with van der Waals surface area (Å²) in [5, 5.41) is 4.81. The molecule has 0 aliphatic carbocycles. The highest BCUT2D eigenvalue weighted by molar-refractivity contribution is 6.26. The molecule has 0 spiro atoms. The molecule has 1 aliphatic heterocycles. The van der Waals surface area contributed by atoms with E-state index in [1.165, 1.54) is 0 Å². The third-order valence-electron chi connectivity index (χ3n) is 4.67. The quantitative estimate of drug-likeness (QED) is 0.732. The molecule has 5 heteroatoms. The molecule has 1 heterocycles. The zero-order chi connectivity index (χ0) is 18.8. The third kappa shape index (κ3) is 3.24. The van der Waals surface area contributed by atoms with Crippen LogP contribution >= 0.6 is 0 Å². The van der Waals surface area contributed by atoms with Crippen molar-refractivity contribution in [3.05, 3.63) is 71.8 Å². The monoisotopic (exact) mass is 360 g/mol. The van der Waals surface area contributed by atoms with Crippen LogP contribution in [0.1, 0.15) is 22.8 Å². The van der Waals surface area contributed by atoms with Crippen LogP contribution < -0.4 is 15.0 Å². The number of anilines is 1. The number of benzene rings is 3. The number of carbonyl (C=O) groups is 2. The first-order valence-electron chi connectivity index (χ1n) is 8.99. The molecule has 4 rings (SSSR count). The first-order valence-corrected chi connectivity index (χ1v) is 8.99. The van der Waals surface area contributed by atoms with Crippen LogP contribution in [0.3, 0.4) is 0 Å². The summed E-state index contributed by atoms with van der Waals surface area (Å²) in [7, 11) is 0. The molecule has 0 saturated heterocycles. The van der Waals surface area contributed by atoms with Crippen LogP contribution in [0.4, 0.5) is 5.69 Å². The van der Waals surface area contributed by atoms with Crippen molar-refractivity contribution in [1.29, 1.82) is 0 Å². The maximum atomic E-state index is 12.7. The van der Waals surface area contributed by atoms with Crippen LogP contribution in [0.2, 0.25) is 0 Å². The lowest BCUT2D eigenvalue weighted by molar-refractivity contribution is -0.119. The van der Waals surface area contributed by atoms with E-state index in [4.69, 9.17) is 4.74 Å². The van der Waals surface area contributed by atoms with E-state index in [-0.39, 0.29) is 18.4 Å². The van der Waals surface area contributed by atoms with Crippen LogP contribution in [-0.2, 0) is 11.3 Å². The van der Waals surface area contributed by atoms with E-state index in [1.54, 1.807) is 4.90 Å². The molecule has 27 heavy (non-hydrogen) atoms. The molecule has 3 aromatic rings. The number of ether oxygens (including phenoxy) is 1. The Labute approximate surface area is 157 Å². The predicted octanol–water partition coefficient (Wildman–Crippen LogP) is 3.52. The number of rotatable bonds is 6. The Morgan fingerprint density at radius 1 is 1.04 bits per heavy atom. The third-order valence-corrected chi connectivity index (χ3v) is 4.67. The minimum Gasteiger partial charge on any atom is -0.494 e. The highest BCUT2D eigenvalue weighted by atomic mass is 16.5. The van der Waals surface area contributed by atoms with Gasteiger partial charge >= 0.3 is 0 Å². The lowest BCUT2D eigenvalue weighted by Gasteiger charge is -2.17. The average molecular weight is 360 g/mol. The maximum Gasteiger partial charge on any atom is 0.259 e. The van der Waals surface area contributed by atoms with E-state index in [2.05, 4.69) is 5.32 Å². The van der Waals surface area contributed by atoms with E-state index in [0.29, 0.717) is 18.7 Å². The summed E-state index contributed by atoms with van der Waals surface area (Å²) in [5.41, 5.74) is 2.43. The van der Waals surface area contributed by atoms with Gasteiger partial charge in [-0.05, 0) is 42.1 Å². The summed E-state index contributed by atoms with van der Waals surface area (Å²) in [6.07, 6.45) is 0. The SMILES string of the molecule is CCOc1ccc(CNC(=O)CN2C(=O)c3cccc4cccc2c34)cc1. The van der Waals surface area contributed by atoms with Crippen LogP contribution in [0.25, 0.3) is 10.8 Å². The highest BCUT2D eigenvalue weighted by Gasteiger charge is 2.30. The van der Waals surface area contributed by atoms with Crippen LogP contribution in [-0.4, -0.2) is 25.0 Å². The molecule has 0 aromatic heterocycles. The van der Waals surface area contributed by atoms with Crippen LogP contribution in [0.5, 0.6) is 5.75 Å². The maximum absolute atomic E-state index is 12.7. The van der Waals surface area contributed by atoms with Gasteiger partial charge in [-0.15, -0.1) is 0 Å². The van der Waals surface area contributed by atoms with Crippen molar-refractivity contribution in [2.45, 2.75) is 13.5 Å². The molecule has 5 nitrogen and oxygen atoms in total. The van der Waals surface area contributed by atoms with Crippen molar-refractivity contribution in [3.63, 3.8) is 0 Å². The van der Waals surface area contributed by atoms with Gasteiger partial charge in [0, 0.05) is 17.5 Å². The molecule has 0 radical (unpaired) electrons. The Hall–Kier alpha value is -3.34. The number of nitrogens with zero attached hydrogens (tertiary/aromatic N) is 1.